The number of phosphoric ester groups is 2. The SMILES string of the molecule is CCCCCCCCCCCCCCCCCCCC(=O)OC[C@H](COP(=O)(O)OC[C@@H](O)COP(=O)(O)OC[C@@H](COC(=O)CCCCCCC)OC(=O)CCCCCCCCCCCCC(C)CC)OC(=O)CCCCCCCCCCCCCCCCCCC(C)C. The molecule has 0 aromatic heterocycles. The molecule has 0 aliphatic heterocycles. The van der Waals surface area contributed by atoms with Crippen molar-refractivity contribution in [3.05, 3.63) is 0 Å². The van der Waals surface area contributed by atoms with Crippen LogP contribution in [0.2, 0.25) is 0 Å². The predicted octanol–water partition coefficient (Wildman–Crippen LogP) is 22.3. The van der Waals surface area contributed by atoms with Gasteiger partial charge in [-0.2, -0.15) is 0 Å². The van der Waals surface area contributed by atoms with Crippen LogP contribution in [0.1, 0.15) is 395 Å². The number of aliphatic hydroxyl groups excluding tert-OH is 1. The van der Waals surface area contributed by atoms with Crippen LogP contribution in [0.15, 0.2) is 0 Å². The zero-order chi connectivity index (χ0) is 70.0. The van der Waals surface area contributed by atoms with Gasteiger partial charge in [-0.05, 0) is 37.5 Å². The van der Waals surface area contributed by atoms with E-state index in [1.807, 2.05) is 0 Å². The largest absolute Gasteiger partial charge is 0.472 e. The molecule has 19 heteroatoms. The van der Waals surface area contributed by atoms with Crippen LogP contribution in [0.5, 0.6) is 0 Å². The Morgan fingerprint density at radius 1 is 0.305 bits per heavy atom. The Balaban J connectivity index is 5.14. The number of phosphoric acid groups is 2. The lowest BCUT2D eigenvalue weighted by Crippen LogP contribution is -2.30. The van der Waals surface area contributed by atoms with Crippen molar-refractivity contribution in [1.29, 1.82) is 0 Å². The van der Waals surface area contributed by atoms with Crippen molar-refractivity contribution in [1.82, 2.24) is 0 Å². The topological polar surface area (TPSA) is 237 Å². The normalized spacial score (nSPS) is 14.3. The monoisotopic (exact) mass is 1400 g/mol. The number of carbonyl (C=O) groups is 4. The quantitative estimate of drug-likeness (QED) is 0.0222. The molecular formula is C76H148O17P2. The lowest BCUT2D eigenvalue weighted by atomic mass is 9.99. The van der Waals surface area contributed by atoms with Gasteiger partial charge in [-0.3, -0.25) is 37.3 Å². The molecule has 17 nitrogen and oxygen atoms in total. The van der Waals surface area contributed by atoms with Crippen LogP contribution in [0.25, 0.3) is 0 Å². The molecule has 0 rings (SSSR count). The van der Waals surface area contributed by atoms with E-state index in [0.29, 0.717) is 25.7 Å². The molecule has 0 amide bonds. The van der Waals surface area contributed by atoms with E-state index < -0.39 is 97.5 Å². The van der Waals surface area contributed by atoms with E-state index in [2.05, 4.69) is 41.5 Å². The van der Waals surface area contributed by atoms with Crippen LogP contribution in [-0.4, -0.2) is 96.7 Å². The highest BCUT2D eigenvalue weighted by Gasteiger charge is 2.30. The van der Waals surface area contributed by atoms with E-state index in [9.17, 15) is 43.2 Å². The zero-order valence-electron chi connectivity index (χ0n) is 62.0. The highest BCUT2D eigenvalue weighted by Crippen LogP contribution is 2.45. The van der Waals surface area contributed by atoms with E-state index in [1.54, 1.807) is 0 Å². The fraction of sp³-hybridized carbons (Fsp3) is 0.947. The summed E-state index contributed by atoms with van der Waals surface area (Å²) >= 11 is 0. The molecule has 0 aliphatic rings. The summed E-state index contributed by atoms with van der Waals surface area (Å²) in [6.07, 6.45) is 55.9. The van der Waals surface area contributed by atoms with Gasteiger partial charge in [-0.1, -0.05) is 343 Å². The average molecular weight is 1400 g/mol. The van der Waals surface area contributed by atoms with Gasteiger partial charge in [0.1, 0.15) is 19.3 Å². The highest BCUT2D eigenvalue weighted by atomic mass is 31.2. The minimum Gasteiger partial charge on any atom is -0.462 e. The van der Waals surface area contributed by atoms with Gasteiger partial charge in [0.2, 0.25) is 0 Å². The highest BCUT2D eigenvalue weighted by molar-refractivity contribution is 7.47. The van der Waals surface area contributed by atoms with E-state index in [4.69, 9.17) is 37.0 Å². The molecule has 0 aliphatic carbocycles. The first kappa shape index (κ1) is 93.1. The lowest BCUT2D eigenvalue weighted by molar-refractivity contribution is -0.161. The van der Waals surface area contributed by atoms with Gasteiger partial charge >= 0.3 is 39.5 Å². The first-order valence-corrected chi connectivity index (χ1v) is 42.5. The van der Waals surface area contributed by atoms with Crippen LogP contribution in [0.4, 0.5) is 0 Å². The van der Waals surface area contributed by atoms with Crippen LogP contribution < -0.4 is 0 Å². The zero-order valence-corrected chi connectivity index (χ0v) is 63.8. The standard InChI is InChI=1S/C76H148O17P2/c1-7-10-12-14-15-16-17-18-19-20-24-27-30-36-41-47-53-59-74(79)87-65-72(93-76(81)60-54-48-42-37-31-28-25-22-21-23-26-29-34-39-45-50-56-68(4)5)67-91-95(84,85)89-63-70(77)62-88-94(82,83)90-66-71(64-86-73(78)58-52-44-13-11-8-2)92-75(80)61-55-49-43-38-33-32-35-40-46-51-57-69(6)9-3/h68-72,77H,7-67H2,1-6H3,(H,82,83)(H,84,85)/t69?,70-,71+,72+/m0/s1. The van der Waals surface area contributed by atoms with Crippen molar-refractivity contribution in [2.75, 3.05) is 39.6 Å². The molecule has 0 aromatic carbocycles. The minimum atomic E-state index is -4.96. The summed E-state index contributed by atoms with van der Waals surface area (Å²) in [7, 11) is -9.90. The van der Waals surface area contributed by atoms with Crippen molar-refractivity contribution in [3.8, 4) is 0 Å². The Morgan fingerprint density at radius 2 is 0.537 bits per heavy atom. The van der Waals surface area contributed by atoms with Gasteiger partial charge in [0, 0.05) is 25.7 Å². The maximum absolute atomic E-state index is 13.1. The Labute approximate surface area is 581 Å². The second-order valence-electron chi connectivity index (χ2n) is 28.1. The van der Waals surface area contributed by atoms with Gasteiger partial charge in [-0.15, -0.1) is 0 Å². The smallest absolute Gasteiger partial charge is 0.462 e. The molecule has 3 unspecified atom stereocenters. The maximum atomic E-state index is 13.1. The summed E-state index contributed by atoms with van der Waals surface area (Å²) in [6, 6.07) is 0. The third-order valence-electron chi connectivity index (χ3n) is 18.1. The lowest BCUT2D eigenvalue weighted by Gasteiger charge is -2.21. The number of hydrogen-bond donors (Lipinski definition) is 3. The Bertz CT molecular complexity index is 1840. The minimum absolute atomic E-state index is 0.105. The molecule has 95 heavy (non-hydrogen) atoms. The molecule has 6 atom stereocenters. The third kappa shape index (κ3) is 69.0. The van der Waals surface area contributed by atoms with Crippen molar-refractivity contribution in [2.45, 2.75) is 413 Å². The number of rotatable bonds is 75. The summed E-state index contributed by atoms with van der Waals surface area (Å²) in [5.41, 5.74) is 0. The number of ether oxygens (including phenoxy) is 4. The molecule has 0 saturated heterocycles. The molecule has 0 saturated carbocycles. The number of carbonyl (C=O) groups excluding carboxylic acids is 4. The van der Waals surface area contributed by atoms with Crippen LogP contribution in [0, 0.1) is 11.8 Å². The van der Waals surface area contributed by atoms with Gasteiger partial charge in [0.25, 0.3) is 0 Å². The molecule has 0 bridgehead atoms. The van der Waals surface area contributed by atoms with E-state index in [-0.39, 0.29) is 25.7 Å². The van der Waals surface area contributed by atoms with E-state index >= 15 is 0 Å². The molecular weight excluding hydrogens is 1250 g/mol. The summed E-state index contributed by atoms with van der Waals surface area (Å²) < 4.78 is 68.3. The van der Waals surface area contributed by atoms with Crippen molar-refractivity contribution in [2.24, 2.45) is 11.8 Å². The Kier molecular flexibility index (Phi) is 66.5. The number of unbranched alkanes of at least 4 members (excludes halogenated alkanes) is 44. The summed E-state index contributed by atoms with van der Waals surface area (Å²) in [5.74, 6) is -0.514. The maximum Gasteiger partial charge on any atom is 0.472 e. The van der Waals surface area contributed by atoms with Crippen molar-refractivity contribution in [3.63, 3.8) is 0 Å². The number of esters is 4. The van der Waals surface area contributed by atoms with Crippen molar-refractivity contribution >= 4 is 39.5 Å². The number of aliphatic hydroxyl groups is 1. The van der Waals surface area contributed by atoms with E-state index in [1.165, 1.54) is 205 Å². The third-order valence-corrected chi connectivity index (χ3v) is 20.0. The second-order valence-corrected chi connectivity index (χ2v) is 31.0. The molecule has 0 aromatic rings. The summed E-state index contributed by atoms with van der Waals surface area (Å²) in [5, 5.41) is 10.6. The first-order valence-electron chi connectivity index (χ1n) is 39.5. The second kappa shape index (κ2) is 67.9. The summed E-state index contributed by atoms with van der Waals surface area (Å²) in [6.45, 7) is 9.56. The number of hydrogen-bond acceptors (Lipinski definition) is 15. The van der Waals surface area contributed by atoms with Gasteiger partial charge < -0.3 is 33.8 Å². The predicted molar refractivity (Wildman–Crippen MR) is 386 cm³/mol. The molecule has 0 heterocycles. The molecule has 0 fully saturated rings. The van der Waals surface area contributed by atoms with Crippen LogP contribution in [-0.2, 0) is 65.4 Å². The Hall–Kier alpha value is -1.94. The fourth-order valence-corrected chi connectivity index (χ4v) is 13.2. The molecule has 0 radical (unpaired) electrons. The molecule has 3 N–H and O–H groups in total. The molecule has 564 valence electrons. The first-order chi connectivity index (χ1) is 45.9. The fourth-order valence-electron chi connectivity index (χ4n) is 11.6. The van der Waals surface area contributed by atoms with Gasteiger partial charge in [-0.25, -0.2) is 9.13 Å². The average Bonchev–Trinajstić information content (AvgIpc) is 1.77. The van der Waals surface area contributed by atoms with Gasteiger partial charge in [0.15, 0.2) is 12.2 Å². The van der Waals surface area contributed by atoms with E-state index in [0.717, 1.165) is 108 Å². The van der Waals surface area contributed by atoms with Gasteiger partial charge in [0.05, 0.1) is 26.4 Å². The summed E-state index contributed by atoms with van der Waals surface area (Å²) in [4.78, 5) is 72.5. The van der Waals surface area contributed by atoms with Crippen LogP contribution in [0.3, 0.4) is 0 Å². The van der Waals surface area contributed by atoms with Crippen LogP contribution >= 0.6 is 15.6 Å². The molecule has 0 spiro atoms. The van der Waals surface area contributed by atoms with Crippen molar-refractivity contribution < 1.29 is 80.2 Å². The Morgan fingerprint density at radius 3 is 0.800 bits per heavy atom.